The number of benzene rings is 3. The van der Waals surface area contributed by atoms with Crippen LogP contribution in [0.5, 0.6) is 5.75 Å². The van der Waals surface area contributed by atoms with Gasteiger partial charge in [-0.1, -0.05) is 156 Å². The van der Waals surface area contributed by atoms with E-state index in [0.29, 0.717) is 16.6 Å². The van der Waals surface area contributed by atoms with E-state index in [0.717, 1.165) is 22.4 Å². The molecule has 0 aromatic heterocycles. The van der Waals surface area contributed by atoms with Crippen LogP contribution in [0.25, 0.3) is 0 Å². The van der Waals surface area contributed by atoms with E-state index in [-0.39, 0.29) is 42.9 Å². The molecule has 0 spiro atoms. The van der Waals surface area contributed by atoms with Gasteiger partial charge in [0.25, 0.3) is 8.32 Å². The lowest BCUT2D eigenvalue weighted by atomic mass is 10.0. The summed E-state index contributed by atoms with van der Waals surface area (Å²) in [7, 11) is -4.62. The highest BCUT2D eigenvalue weighted by Crippen LogP contribution is 2.43. The summed E-state index contributed by atoms with van der Waals surface area (Å²) in [6.07, 6.45) is -0.607. The number of nitrogens with one attached hydrogen (secondary N) is 2. The van der Waals surface area contributed by atoms with Crippen molar-refractivity contribution in [3.8, 4) is 5.75 Å². The highest BCUT2D eigenvalue weighted by Gasteiger charge is 2.47. The highest BCUT2D eigenvalue weighted by molar-refractivity contribution is 6.78. The molecule has 2 atom stereocenters. The molecule has 11 heteroatoms. The first-order chi connectivity index (χ1) is 26.4. The molecule has 308 valence electrons. The Morgan fingerprint density at radius 3 is 1.41 bits per heavy atom. The Kier molecular flexibility index (Phi) is 17.9. The zero-order valence-corrected chi connectivity index (χ0v) is 37.9. The molecule has 2 amide bonds. The third-order valence-corrected chi connectivity index (χ3v) is 23.3. The molecule has 0 fully saturated rings. The van der Waals surface area contributed by atoms with Crippen LogP contribution < -0.4 is 15.1 Å². The molecule has 0 saturated heterocycles. The first kappa shape index (κ1) is 46.4. The standard InChI is InChI=1S/C45H68N2O7Si2/c1-31(2)55(32(3)4,33(5)6)53-30-42(44(49)51-28-38-19-15-13-16-20-38)46-43(48)41(47-45(50)52-29-39-21-17-14-18-22-39)27-37-23-25-40(26-24-37)54-56(34(7)8,35(9)10)36(11)12/h13-26,31-36,41-42H,27-30H2,1-12H3,(H,46,48)(H,47,50)/t41-,42-/m0/s1. The summed E-state index contributed by atoms with van der Waals surface area (Å²) in [6, 6.07) is 24.3. The van der Waals surface area contributed by atoms with Gasteiger partial charge in [-0.25, -0.2) is 9.59 Å². The number of carbonyl (C=O) groups is 3. The molecule has 9 nitrogen and oxygen atoms in total. The Bertz CT molecular complexity index is 1600. The first-order valence-corrected chi connectivity index (χ1v) is 24.6. The molecule has 0 radical (unpaired) electrons. The van der Waals surface area contributed by atoms with Crippen molar-refractivity contribution >= 4 is 34.6 Å². The topological polar surface area (TPSA) is 112 Å². The van der Waals surface area contributed by atoms with Crippen LogP contribution in [0.2, 0.25) is 33.2 Å². The maximum Gasteiger partial charge on any atom is 0.408 e. The van der Waals surface area contributed by atoms with Crippen molar-refractivity contribution < 1.29 is 32.7 Å². The quantitative estimate of drug-likeness (QED) is 0.0814. The summed E-state index contributed by atoms with van der Waals surface area (Å²) in [4.78, 5) is 41.4. The molecule has 0 aliphatic carbocycles. The van der Waals surface area contributed by atoms with Crippen molar-refractivity contribution in [1.82, 2.24) is 10.6 Å². The molecule has 3 aromatic rings. The van der Waals surface area contributed by atoms with E-state index in [9.17, 15) is 14.4 Å². The van der Waals surface area contributed by atoms with E-state index in [1.165, 1.54) is 0 Å². The average Bonchev–Trinajstić information content (AvgIpc) is 3.15. The summed E-state index contributed by atoms with van der Waals surface area (Å²) >= 11 is 0. The molecule has 56 heavy (non-hydrogen) atoms. The van der Waals surface area contributed by atoms with Crippen LogP contribution >= 0.6 is 0 Å². The third kappa shape index (κ3) is 12.3. The van der Waals surface area contributed by atoms with E-state index >= 15 is 0 Å². The fraction of sp³-hybridized carbons (Fsp3) is 0.533. The number of ether oxygens (including phenoxy) is 2. The maximum atomic E-state index is 14.3. The average molecular weight is 805 g/mol. The normalized spacial score (nSPS) is 13.3. The number of alkyl carbamates (subject to hydrolysis) is 1. The Morgan fingerprint density at radius 1 is 0.518 bits per heavy atom. The van der Waals surface area contributed by atoms with Crippen LogP contribution in [0.3, 0.4) is 0 Å². The number of hydrogen-bond donors (Lipinski definition) is 2. The fourth-order valence-electron chi connectivity index (χ4n) is 8.60. The van der Waals surface area contributed by atoms with Gasteiger partial charge in [0.05, 0.1) is 6.61 Å². The number of rotatable bonds is 21. The molecule has 0 saturated carbocycles. The van der Waals surface area contributed by atoms with Crippen LogP contribution in [0, 0.1) is 0 Å². The minimum absolute atomic E-state index is 0.0365. The van der Waals surface area contributed by atoms with Crippen molar-refractivity contribution in [2.45, 2.75) is 148 Å². The van der Waals surface area contributed by atoms with Gasteiger partial charge in [-0.05, 0) is 62.1 Å². The molecule has 0 heterocycles. The van der Waals surface area contributed by atoms with Gasteiger partial charge in [-0.15, -0.1) is 0 Å². The van der Waals surface area contributed by atoms with Crippen LogP contribution in [0.15, 0.2) is 84.9 Å². The first-order valence-electron chi connectivity index (χ1n) is 20.3. The Labute approximate surface area is 338 Å². The lowest BCUT2D eigenvalue weighted by Gasteiger charge is -2.42. The SMILES string of the molecule is CC(C)[Si](OC[C@H](NC(=O)[C@H](Cc1ccc(O[Si](C(C)C)(C(C)C)C(C)C)cc1)NC(=O)OCc1ccccc1)C(=O)OCc1ccccc1)(C(C)C)C(C)C. The summed E-state index contributed by atoms with van der Waals surface area (Å²) in [5.41, 5.74) is 4.45. The fourth-order valence-corrected chi connectivity index (χ4v) is 19.3. The summed E-state index contributed by atoms with van der Waals surface area (Å²) in [5.74, 6) is -0.371. The second kappa shape index (κ2) is 21.6. The monoisotopic (exact) mass is 804 g/mol. The van der Waals surface area contributed by atoms with Gasteiger partial charge in [0, 0.05) is 6.42 Å². The maximum absolute atomic E-state index is 14.3. The highest BCUT2D eigenvalue weighted by atomic mass is 28.4. The molecule has 0 aliphatic heterocycles. The third-order valence-electron chi connectivity index (χ3n) is 11.2. The van der Waals surface area contributed by atoms with E-state index in [1.807, 2.05) is 84.9 Å². The zero-order chi connectivity index (χ0) is 41.6. The minimum Gasteiger partial charge on any atom is -0.543 e. The lowest BCUT2D eigenvalue weighted by Crippen LogP contribution is -2.56. The molecule has 0 bridgehead atoms. The summed E-state index contributed by atoms with van der Waals surface area (Å²) in [5, 5.41) is 5.70. The summed E-state index contributed by atoms with van der Waals surface area (Å²) in [6.45, 7) is 26.5. The second-order valence-electron chi connectivity index (χ2n) is 16.8. The van der Waals surface area contributed by atoms with Crippen molar-refractivity contribution in [2.75, 3.05) is 6.61 Å². The summed E-state index contributed by atoms with van der Waals surface area (Å²) < 4.78 is 25.0. The van der Waals surface area contributed by atoms with E-state index in [4.69, 9.17) is 18.3 Å². The molecule has 2 N–H and O–H groups in total. The van der Waals surface area contributed by atoms with Gasteiger partial charge < -0.3 is 29.0 Å². The number of carbonyl (C=O) groups excluding carboxylic acids is 3. The molecule has 3 rings (SSSR count). The molecular formula is C45H68N2O7Si2. The Morgan fingerprint density at radius 2 is 0.964 bits per heavy atom. The second-order valence-corrected chi connectivity index (χ2v) is 27.6. The minimum atomic E-state index is -2.43. The van der Waals surface area contributed by atoms with Gasteiger partial charge in [0.1, 0.15) is 31.0 Å². The molecule has 0 unspecified atom stereocenters. The van der Waals surface area contributed by atoms with Crippen molar-refractivity contribution in [3.63, 3.8) is 0 Å². The van der Waals surface area contributed by atoms with Crippen LogP contribution in [0.1, 0.15) is 99.8 Å². The van der Waals surface area contributed by atoms with Gasteiger partial charge in [0.2, 0.25) is 5.91 Å². The molecule has 3 aromatic carbocycles. The molecular weight excluding hydrogens is 737 g/mol. The van der Waals surface area contributed by atoms with E-state index < -0.39 is 46.7 Å². The van der Waals surface area contributed by atoms with E-state index in [1.54, 1.807) is 0 Å². The Balaban J connectivity index is 1.92. The van der Waals surface area contributed by atoms with E-state index in [2.05, 4.69) is 93.7 Å². The van der Waals surface area contributed by atoms with Crippen molar-refractivity contribution in [1.29, 1.82) is 0 Å². The lowest BCUT2D eigenvalue weighted by molar-refractivity contribution is -0.150. The van der Waals surface area contributed by atoms with Crippen LogP contribution in [-0.2, 0) is 43.1 Å². The van der Waals surface area contributed by atoms with Gasteiger partial charge in [0.15, 0.2) is 8.32 Å². The predicted octanol–water partition coefficient (Wildman–Crippen LogP) is 10.5. The van der Waals surface area contributed by atoms with Gasteiger partial charge >= 0.3 is 12.1 Å². The largest absolute Gasteiger partial charge is 0.543 e. The van der Waals surface area contributed by atoms with Crippen LogP contribution in [-0.4, -0.2) is 53.3 Å². The van der Waals surface area contributed by atoms with Gasteiger partial charge in [-0.2, -0.15) is 0 Å². The number of hydrogen-bond acceptors (Lipinski definition) is 7. The van der Waals surface area contributed by atoms with Gasteiger partial charge in [-0.3, -0.25) is 4.79 Å². The Hall–Kier alpha value is -3.94. The smallest absolute Gasteiger partial charge is 0.408 e. The van der Waals surface area contributed by atoms with Crippen molar-refractivity contribution in [2.24, 2.45) is 0 Å². The molecule has 0 aliphatic rings. The van der Waals surface area contributed by atoms with Crippen LogP contribution in [0.4, 0.5) is 4.79 Å². The number of esters is 1. The predicted molar refractivity (Wildman–Crippen MR) is 231 cm³/mol. The number of amides is 2. The van der Waals surface area contributed by atoms with Crippen molar-refractivity contribution in [3.05, 3.63) is 102 Å². The zero-order valence-electron chi connectivity index (χ0n) is 35.9.